The number of hydrogen-bond acceptors (Lipinski definition) is 7. The highest BCUT2D eigenvalue weighted by Crippen LogP contribution is 2.25. The average Bonchev–Trinajstić information content (AvgIpc) is 3.46. The molecule has 1 amide bonds. The maximum Gasteiger partial charge on any atom is 0.272 e. The quantitative estimate of drug-likeness (QED) is 0.212. The number of nitrogens with one attached hydrogen (secondary N) is 2. The second kappa shape index (κ2) is 11.6. The highest BCUT2D eigenvalue weighted by Gasteiger charge is 2.28. The van der Waals surface area contributed by atoms with Crippen molar-refractivity contribution in [1.82, 2.24) is 24.8 Å². The molecule has 0 unspecified atom stereocenters. The molecule has 9 nitrogen and oxygen atoms in total. The Balaban J connectivity index is 1.30. The van der Waals surface area contributed by atoms with Gasteiger partial charge in [0.25, 0.3) is 5.91 Å². The van der Waals surface area contributed by atoms with Crippen LogP contribution in [0.4, 0.5) is 11.6 Å². The van der Waals surface area contributed by atoms with E-state index in [-0.39, 0.29) is 18.1 Å². The lowest BCUT2D eigenvalue weighted by Gasteiger charge is -2.29. The van der Waals surface area contributed by atoms with E-state index in [0.717, 1.165) is 22.6 Å². The molecule has 5 aromatic rings. The number of para-hydroxylation sites is 1. The number of amides is 1. The van der Waals surface area contributed by atoms with Crippen LogP contribution in [0.1, 0.15) is 28.5 Å². The molecular formula is C30H28ClN7O2. The molecule has 3 aromatic carbocycles. The van der Waals surface area contributed by atoms with Crippen LogP contribution in [0, 0.1) is 6.92 Å². The minimum Gasteiger partial charge on any atom is -0.457 e. The predicted molar refractivity (Wildman–Crippen MR) is 155 cm³/mol. The molecule has 0 aliphatic heterocycles. The molecule has 0 spiro atoms. The summed E-state index contributed by atoms with van der Waals surface area (Å²) in [5, 5.41) is 6.77. The van der Waals surface area contributed by atoms with Gasteiger partial charge in [0.2, 0.25) is 5.95 Å². The van der Waals surface area contributed by atoms with Crippen LogP contribution < -0.4 is 21.1 Å². The standard InChI is InChI=1S/C30H28ClN7O2/c1-20-16-33-29(35-23-11-13-25(14-12-23)40-24-9-4-3-5-10-24)36-27(20)38-17-26(34-19-38)28(39)37-30(2,18-32)21-7-6-8-22(31)15-21/h3-17,19H,18,32H2,1-2H3,(H,37,39)(H,33,35,36)/t30-/m0/s1. The molecule has 0 saturated heterocycles. The number of benzene rings is 3. The van der Waals surface area contributed by atoms with Gasteiger partial charge < -0.3 is 21.1 Å². The van der Waals surface area contributed by atoms with E-state index in [1.54, 1.807) is 35.4 Å². The number of nitrogens with two attached hydrogens (primary N) is 1. The van der Waals surface area contributed by atoms with Crippen LogP contribution in [0.3, 0.4) is 0 Å². The summed E-state index contributed by atoms with van der Waals surface area (Å²) in [7, 11) is 0. The Labute approximate surface area is 237 Å². The third-order valence-electron chi connectivity index (χ3n) is 6.35. The molecule has 202 valence electrons. The molecule has 0 radical (unpaired) electrons. The van der Waals surface area contributed by atoms with E-state index in [2.05, 4.69) is 25.6 Å². The predicted octanol–water partition coefficient (Wildman–Crippen LogP) is 5.76. The summed E-state index contributed by atoms with van der Waals surface area (Å²) in [5.41, 5.74) is 7.85. The van der Waals surface area contributed by atoms with E-state index in [1.165, 1.54) is 0 Å². The molecule has 0 aliphatic rings. The van der Waals surface area contributed by atoms with E-state index in [0.29, 0.717) is 22.5 Å². The smallest absolute Gasteiger partial charge is 0.272 e. The van der Waals surface area contributed by atoms with Crippen molar-refractivity contribution in [3.8, 4) is 17.3 Å². The van der Waals surface area contributed by atoms with Crippen molar-refractivity contribution in [2.75, 3.05) is 11.9 Å². The highest BCUT2D eigenvalue weighted by molar-refractivity contribution is 6.30. The zero-order chi connectivity index (χ0) is 28.1. The summed E-state index contributed by atoms with van der Waals surface area (Å²) in [6.07, 6.45) is 4.88. The average molecular weight is 554 g/mol. The van der Waals surface area contributed by atoms with Crippen LogP contribution in [-0.4, -0.2) is 32.0 Å². The SMILES string of the molecule is Cc1cnc(Nc2ccc(Oc3ccccc3)cc2)nc1-n1cnc(C(=O)N[C@@](C)(CN)c2cccc(Cl)c2)c1. The summed E-state index contributed by atoms with van der Waals surface area (Å²) in [4.78, 5) is 26.5. The van der Waals surface area contributed by atoms with Gasteiger partial charge in [-0.2, -0.15) is 4.98 Å². The molecule has 40 heavy (non-hydrogen) atoms. The Morgan fingerprint density at radius 1 is 1.02 bits per heavy atom. The van der Waals surface area contributed by atoms with E-state index < -0.39 is 5.54 Å². The van der Waals surface area contributed by atoms with Gasteiger partial charge in [-0.3, -0.25) is 9.36 Å². The van der Waals surface area contributed by atoms with E-state index in [1.807, 2.05) is 80.6 Å². The fourth-order valence-electron chi connectivity index (χ4n) is 4.06. The Morgan fingerprint density at radius 2 is 1.77 bits per heavy atom. The molecular weight excluding hydrogens is 526 g/mol. The molecule has 0 bridgehead atoms. The Bertz CT molecular complexity index is 1620. The molecule has 1 atom stereocenters. The summed E-state index contributed by atoms with van der Waals surface area (Å²) >= 11 is 6.16. The second-order valence-corrected chi connectivity index (χ2v) is 9.87. The molecule has 2 heterocycles. The monoisotopic (exact) mass is 553 g/mol. The zero-order valence-corrected chi connectivity index (χ0v) is 22.8. The number of aromatic nitrogens is 4. The first-order valence-corrected chi connectivity index (χ1v) is 13.0. The van der Waals surface area contributed by atoms with Gasteiger partial charge in [-0.05, 0) is 67.9 Å². The van der Waals surface area contributed by atoms with E-state index >= 15 is 0 Å². The minimum atomic E-state index is -0.824. The van der Waals surface area contributed by atoms with Gasteiger partial charge in [-0.1, -0.05) is 41.9 Å². The van der Waals surface area contributed by atoms with Gasteiger partial charge >= 0.3 is 0 Å². The normalized spacial score (nSPS) is 12.4. The van der Waals surface area contributed by atoms with Crippen LogP contribution in [-0.2, 0) is 5.54 Å². The lowest BCUT2D eigenvalue weighted by molar-refractivity contribution is 0.0902. The van der Waals surface area contributed by atoms with Crippen LogP contribution in [0.15, 0.2) is 97.6 Å². The molecule has 0 fully saturated rings. The third-order valence-corrected chi connectivity index (χ3v) is 6.59. The summed E-state index contributed by atoms with van der Waals surface area (Å²) < 4.78 is 7.54. The minimum absolute atomic E-state index is 0.180. The number of halogens is 1. The van der Waals surface area contributed by atoms with E-state index in [9.17, 15) is 4.79 Å². The lowest BCUT2D eigenvalue weighted by atomic mass is 9.92. The number of aryl methyl sites for hydroxylation is 1. The van der Waals surface area contributed by atoms with Gasteiger partial charge in [0, 0.05) is 35.2 Å². The van der Waals surface area contributed by atoms with Crippen molar-refractivity contribution in [2.45, 2.75) is 19.4 Å². The number of rotatable bonds is 9. The first kappa shape index (κ1) is 26.9. The maximum absolute atomic E-state index is 13.1. The van der Waals surface area contributed by atoms with Gasteiger partial charge in [-0.25, -0.2) is 9.97 Å². The lowest BCUT2D eigenvalue weighted by Crippen LogP contribution is -2.48. The van der Waals surface area contributed by atoms with Crippen molar-refractivity contribution in [1.29, 1.82) is 0 Å². The van der Waals surface area contributed by atoms with Gasteiger partial charge in [0.15, 0.2) is 0 Å². The number of ether oxygens (including phenoxy) is 1. The van der Waals surface area contributed by atoms with E-state index in [4.69, 9.17) is 22.1 Å². The summed E-state index contributed by atoms with van der Waals surface area (Å²) in [5.74, 6) is 2.10. The number of anilines is 2. The van der Waals surface area contributed by atoms with Crippen molar-refractivity contribution >= 4 is 29.1 Å². The van der Waals surface area contributed by atoms with Gasteiger partial charge in [0.1, 0.15) is 29.3 Å². The van der Waals surface area contributed by atoms with Crippen LogP contribution in [0.5, 0.6) is 11.5 Å². The zero-order valence-electron chi connectivity index (χ0n) is 22.0. The number of hydrogen-bond donors (Lipinski definition) is 3. The van der Waals surface area contributed by atoms with Crippen LogP contribution in [0.25, 0.3) is 5.82 Å². The topological polar surface area (TPSA) is 120 Å². The molecule has 0 aliphatic carbocycles. The van der Waals surface area contributed by atoms with Crippen molar-refractivity contribution in [2.24, 2.45) is 5.73 Å². The van der Waals surface area contributed by atoms with Crippen molar-refractivity contribution < 1.29 is 9.53 Å². The molecule has 2 aromatic heterocycles. The Morgan fingerprint density at radius 3 is 2.50 bits per heavy atom. The number of carbonyl (C=O) groups is 1. The molecule has 5 rings (SSSR count). The summed E-state index contributed by atoms with van der Waals surface area (Å²) in [6, 6.07) is 24.3. The fourth-order valence-corrected chi connectivity index (χ4v) is 4.25. The fraction of sp³-hybridized carbons (Fsp3) is 0.133. The van der Waals surface area contributed by atoms with Crippen molar-refractivity contribution in [3.63, 3.8) is 0 Å². The van der Waals surface area contributed by atoms with Crippen molar-refractivity contribution in [3.05, 3.63) is 119 Å². The number of imidazole rings is 1. The largest absolute Gasteiger partial charge is 0.457 e. The Kier molecular flexibility index (Phi) is 7.77. The van der Waals surface area contributed by atoms with Crippen LogP contribution >= 0.6 is 11.6 Å². The second-order valence-electron chi connectivity index (χ2n) is 9.43. The van der Waals surface area contributed by atoms with Gasteiger partial charge in [-0.15, -0.1) is 0 Å². The maximum atomic E-state index is 13.1. The number of carbonyl (C=O) groups excluding carboxylic acids is 1. The van der Waals surface area contributed by atoms with Crippen LogP contribution in [0.2, 0.25) is 5.02 Å². The molecule has 10 heteroatoms. The molecule has 4 N–H and O–H groups in total. The summed E-state index contributed by atoms with van der Waals surface area (Å²) in [6.45, 7) is 3.92. The first-order chi connectivity index (χ1) is 19.3. The third kappa shape index (κ3) is 6.12. The number of nitrogens with zero attached hydrogens (tertiary/aromatic N) is 4. The highest BCUT2D eigenvalue weighted by atomic mass is 35.5. The van der Waals surface area contributed by atoms with Gasteiger partial charge in [0.05, 0.1) is 5.54 Å². The molecule has 0 saturated carbocycles. The first-order valence-electron chi connectivity index (χ1n) is 12.6. The Hall–Kier alpha value is -4.73.